The maximum atomic E-state index is 13.5. The number of allylic oxidation sites excluding steroid dienone is 1. The highest BCUT2D eigenvalue weighted by Gasteiger charge is 2.58. The normalized spacial score (nSPS) is 23.9. The number of hydrogen-bond acceptors (Lipinski definition) is 4. The molecule has 144 valence electrons. The zero-order valence-electron chi connectivity index (χ0n) is 16.1. The Labute approximate surface area is 164 Å². The first-order valence-corrected chi connectivity index (χ1v) is 9.44. The lowest BCUT2D eigenvalue weighted by atomic mass is 9.72. The van der Waals surface area contributed by atoms with E-state index in [-0.39, 0.29) is 28.8 Å². The highest BCUT2D eigenvalue weighted by atomic mass is 16.3. The minimum absolute atomic E-state index is 0.186. The average Bonchev–Trinajstić information content (AvgIpc) is 2.84. The minimum Gasteiger partial charge on any atom is -0.398 e. The van der Waals surface area contributed by atoms with E-state index in [0.717, 1.165) is 5.56 Å². The van der Waals surface area contributed by atoms with Gasteiger partial charge in [-0.3, -0.25) is 9.59 Å². The number of hydrogen-bond donors (Lipinski definition) is 2. The first-order chi connectivity index (χ1) is 13.2. The molecule has 3 N–H and O–H groups in total. The van der Waals surface area contributed by atoms with Crippen molar-refractivity contribution in [3.05, 3.63) is 77.0 Å². The van der Waals surface area contributed by atoms with Crippen molar-refractivity contribution in [2.45, 2.75) is 38.8 Å². The topological polar surface area (TPSA) is 83.6 Å². The van der Waals surface area contributed by atoms with Gasteiger partial charge in [-0.2, -0.15) is 0 Å². The Morgan fingerprint density at radius 3 is 2.32 bits per heavy atom. The highest BCUT2D eigenvalue weighted by molar-refractivity contribution is 6.11. The Balaban J connectivity index is 1.89. The summed E-state index contributed by atoms with van der Waals surface area (Å²) in [6.07, 6.45) is 0.828. The molecule has 0 spiro atoms. The number of carbonyl (C=O) groups excluding carboxylic acids is 2. The van der Waals surface area contributed by atoms with Crippen LogP contribution in [0.1, 0.15) is 37.8 Å². The fourth-order valence-corrected chi connectivity index (χ4v) is 4.36. The molecule has 2 aliphatic rings. The van der Waals surface area contributed by atoms with E-state index in [4.69, 9.17) is 5.73 Å². The molecular formula is C23H24N2O3. The van der Waals surface area contributed by atoms with Gasteiger partial charge in [0.2, 0.25) is 5.60 Å². The Hall–Kier alpha value is -2.92. The third-order valence-electron chi connectivity index (χ3n) is 5.63. The molecule has 0 saturated carbocycles. The summed E-state index contributed by atoms with van der Waals surface area (Å²) in [5.41, 5.74) is 6.09. The van der Waals surface area contributed by atoms with E-state index in [2.05, 4.69) is 0 Å². The summed E-state index contributed by atoms with van der Waals surface area (Å²) in [6, 6.07) is 16.3. The Bertz CT molecular complexity index is 994. The van der Waals surface area contributed by atoms with Crippen molar-refractivity contribution in [3.63, 3.8) is 0 Å². The van der Waals surface area contributed by atoms with E-state index in [0.29, 0.717) is 24.4 Å². The molecule has 4 rings (SSSR count). The van der Waals surface area contributed by atoms with E-state index >= 15 is 0 Å². The van der Waals surface area contributed by atoms with Crippen molar-refractivity contribution < 1.29 is 14.7 Å². The van der Waals surface area contributed by atoms with Gasteiger partial charge in [0.15, 0.2) is 5.78 Å². The number of aliphatic hydroxyl groups is 1. The number of nitrogens with two attached hydrogens (primary N) is 1. The molecule has 1 amide bonds. The number of Topliss-reactive ketones (excluding diaryl/α,β-unsaturated/α-hetero) is 1. The van der Waals surface area contributed by atoms with Crippen LogP contribution in [0.15, 0.2) is 65.9 Å². The molecule has 5 heteroatoms. The number of nitrogens with zero attached hydrogens (tertiary/aromatic N) is 1. The molecule has 5 nitrogen and oxygen atoms in total. The molecule has 0 fully saturated rings. The van der Waals surface area contributed by atoms with Crippen molar-refractivity contribution in [1.29, 1.82) is 0 Å². The van der Waals surface area contributed by atoms with Crippen LogP contribution in [0.25, 0.3) is 0 Å². The summed E-state index contributed by atoms with van der Waals surface area (Å²) in [6.45, 7) is 4.32. The zero-order chi connectivity index (χ0) is 20.1. The molecule has 1 atom stereocenters. The first kappa shape index (κ1) is 18.4. The first-order valence-electron chi connectivity index (χ1n) is 9.44. The lowest BCUT2D eigenvalue weighted by Gasteiger charge is -2.33. The van der Waals surface area contributed by atoms with Crippen LogP contribution in [0.5, 0.6) is 0 Å². The molecule has 1 aliphatic heterocycles. The van der Waals surface area contributed by atoms with Crippen LogP contribution in [0.4, 0.5) is 5.69 Å². The lowest BCUT2D eigenvalue weighted by Crippen LogP contribution is -2.42. The molecule has 1 aliphatic carbocycles. The number of amides is 1. The van der Waals surface area contributed by atoms with Gasteiger partial charge in [0.05, 0.1) is 12.1 Å². The van der Waals surface area contributed by atoms with E-state index < -0.39 is 11.5 Å². The molecule has 2 aromatic carbocycles. The number of carbonyl (C=O) groups is 2. The maximum absolute atomic E-state index is 13.5. The quantitative estimate of drug-likeness (QED) is 0.806. The molecule has 1 heterocycles. The lowest BCUT2D eigenvalue weighted by molar-refractivity contribution is -0.144. The van der Waals surface area contributed by atoms with Crippen LogP contribution in [-0.2, 0) is 21.7 Å². The van der Waals surface area contributed by atoms with Gasteiger partial charge in [0.25, 0.3) is 5.91 Å². The maximum Gasteiger partial charge on any atom is 0.268 e. The molecule has 0 saturated heterocycles. The molecular weight excluding hydrogens is 352 g/mol. The number of para-hydroxylation sites is 1. The summed E-state index contributed by atoms with van der Waals surface area (Å²) in [5.74, 6) is -0.703. The number of rotatable bonds is 3. The summed E-state index contributed by atoms with van der Waals surface area (Å²) < 4.78 is 0. The number of nitrogen functional groups attached to an aromatic ring is 1. The van der Waals surface area contributed by atoms with Crippen molar-refractivity contribution in [2.75, 3.05) is 5.73 Å². The van der Waals surface area contributed by atoms with Gasteiger partial charge >= 0.3 is 0 Å². The van der Waals surface area contributed by atoms with Gasteiger partial charge in [0, 0.05) is 23.4 Å². The van der Waals surface area contributed by atoms with Crippen LogP contribution in [-0.4, -0.2) is 21.7 Å². The Morgan fingerprint density at radius 1 is 1.00 bits per heavy atom. The van der Waals surface area contributed by atoms with E-state index in [1.165, 1.54) is 0 Å². The Kier molecular flexibility index (Phi) is 4.16. The summed E-state index contributed by atoms with van der Waals surface area (Å²) in [4.78, 5) is 28.2. The summed E-state index contributed by atoms with van der Waals surface area (Å²) in [7, 11) is 0. The van der Waals surface area contributed by atoms with Crippen LogP contribution in [0, 0.1) is 5.41 Å². The van der Waals surface area contributed by atoms with Gasteiger partial charge in [-0.1, -0.05) is 62.4 Å². The average molecular weight is 376 g/mol. The third kappa shape index (κ3) is 2.74. The van der Waals surface area contributed by atoms with Gasteiger partial charge < -0.3 is 15.7 Å². The van der Waals surface area contributed by atoms with Gasteiger partial charge in [0.1, 0.15) is 0 Å². The van der Waals surface area contributed by atoms with Crippen molar-refractivity contribution in [3.8, 4) is 0 Å². The van der Waals surface area contributed by atoms with Gasteiger partial charge in [-0.15, -0.1) is 0 Å². The smallest absolute Gasteiger partial charge is 0.268 e. The largest absolute Gasteiger partial charge is 0.398 e. The van der Waals surface area contributed by atoms with E-state index in [1.54, 1.807) is 29.2 Å². The number of benzene rings is 2. The Morgan fingerprint density at radius 2 is 1.64 bits per heavy atom. The molecule has 0 aromatic heterocycles. The fourth-order valence-electron chi connectivity index (χ4n) is 4.36. The van der Waals surface area contributed by atoms with E-state index in [1.807, 2.05) is 44.2 Å². The predicted octanol–water partition coefficient (Wildman–Crippen LogP) is 3.14. The minimum atomic E-state index is -2.04. The van der Waals surface area contributed by atoms with Crippen molar-refractivity contribution in [1.82, 2.24) is 4.90 Å². The SMILES string of the molecule is CC1(C)CC(=O)C2=C(C1)N(Cc1ccccc1)C(=O)C2(O)c1ccccc1N. The van der Waals surface area contributed by atoms with E-state index in [9.17, 15) is 14.7 Å². The summed E-state index contributed by atoms with van der Waals surface area (Å²) in [5, 5.41) is 11.6. The van der Waals surface area contributed by atoms with Crippen molar-refractivity contribution in [2.24, 2.45) is 5.41 Å². The van der Waals surface area contributed by atoms with Crippen LogP contribution in [0.2, 0.25) is 0 Å². The zero-order valence-corrected chi connectivity index (χ0v) is 16.1. The molecule has 0 bridgehead atoms. The summed E-state index contributed by atoms with van der Waals surface area (Å²) >= 11 is 0. The molecule has 2 aromatic rings. The van der Waals surface area contributed by atoms with Crippen LogP contribution >= 0.6 is 0 Å². The molecule has 0 radical (unpaired) electrons. The van der Waals surface area contributed by atoms with Gasteiger partial charge in [-0.25, -0.2) is 0 Å². The van der Waals surface area contributed by atoms with Crippen LogP contribution < -0.4 is 5.73 Å². The number of anilines is 1. The van der Waals surface area contributed by atoms with Crippen LogP contribution in [0.3, 0.4) is 0 Å². The fraction of sp³-hybridized carbons (Fsp3) is 0.304. The van der Waals surface area contributed by atoms with Crippen molar-refractivity contribution >= 4 is 17.4 Å². The monoisotopic (exact) mass is 376 g/mol. The molecule has 1 unspecified atom stereocenters. The third-order valence-corrected chi connectivity index (χ3v) is 5.63. The molecule has 28 heavy (non-hydrogen) atoms. The highest BCUT2D eigenvalue weighted by Crippen LogP contribution is 2.51. The number of ketones is 1. The second-order valence-corrected chi connectivity index (χ2v) is 8.44. The second-order valence-electron chi connectivity index (χ2n) is 8.44. The van der Waals surface area contributed by atoms with Gasteiger partial charge in [-0.05, 0) is 23.5 Å². The predicted molar refractivity (Wildman–Crippen MR) is 107 cm³/mol. The second kappa shape index (κ2) is 6.31. The standard InChI is InChI=1S/C23H24N2O3/c1-22(2)12-18-20(19(26)13-22)23(28,16-10-6-7-11-17(16)24)21(27)25(18)14-15-8-4-3-5-9-15/h3-11,28H,12-14,24H2,1-2H3.